The van der Waals surface area contributed by atoms with Crippen LogP contribution < -0.4 is 0 Å². The Bertz CT molecular complexity index is 594. The first kappa shape index (κ1) is 18.6. The number of nitrogens with zero attached hydrogens (tertiary/aromatic N) is 2. The van der Waals surface area contributed by atoms with Crippen molar-refractivity contribution in [2.24, 2.45) is 5.92 Å². The number of carbonyl (C=O) groups excluding carboxylic acids is 2. The zero-order chi connectivity index (χ0) is 17.6. The van der Waals surface area contributed by atoms with Gasteiger partial charge < -0.3 is 9.80 Å². The molecule has 1 heterocycles. The van der Waals surface area contributed by atoms with Gasteiger partial charge in [-0.1, -0.05) is 24.4 Å². The van der Waals surface area contributed by atoms with Crippen molar-refractivity contribution in [3.63, 3.8) is 0 Å². The average Bonchev–Trinajstić information content (AvgIpc) is 3.17. The van der Waals surface area contributed by atoms with Crippen molar-refractivity contribution in [1.29, 1.82) is 0 Å². The summed E-state index contributed by atoms with van der Waals surface area (Å²) in [5.41, 5.74) is 0. The van der Waals surface area contributed by atoms with Crippen molar-refractivity contribution in [2.45, 2.75) is 37.0 Å². The second-order valence-electron chi connectivity index (χ2n) is 6.74. The molecule has 136 valence electrons. The number of rotatable bonds is 5. The van der Waals surface area contributed by atoms with Crippen LogP contribution >= 0.6 is 23.4 Å². The Balaban J connectivity index is 1.37. The zero-order valence-corrected chi connectivity index (χ0v) is 16.0. The molecule has 0 radical (unpaired) electrons. The van der Waals surface area contributed by atoms with Gasteiger partial charge in [0.2, 0.25) is 11.8 Å². The molecule has 2 fully saturated rings. The highest BCUT2D eigenvalue weighted by Gasteiger charge is 2.30. The zero-order valence-electron chi connectivity index (χ0n) is 14.5. The van der Waals surface area contributed by atoms with Crippen molar-refractivity contribution < 1.29 is 9.59 Å². The Hall–Kier alpha value is -1.20. The predicted molar refractivity (Wildman–Crippen MR) is 102 cm³/mol. The Morgan fingerprint density at radius 2 is 1.60 bits per heavy atom. The van der Waals surface area contributed by atoms with E-state index in [0.29, 0.717) is 38.5 Å². The number of thioether (sulfide) groups is 1. The normalized spacial score (nSPS) is 18.6. The molecular weight excluding hydrogens is 356 g/mol. The van der Waals surface area contributed by atoms with Gasteiger partial charge in [0.05, 0.1) is 0 Å². The molecule has 6 heteroatoms. The molecule has 0 atom stereocenters. The first-order valence-corrected chi connectivity index (χ1v) is 10.4. The van der Waals surface area contributed by atoms with E-state index in [1.807, 2.05) is 34.1 Å². The van der Waals surface area contributed by atoms with E-state index in [9.17, 15) is 9.59 Å². The molecule has 1 saturated heterocycles. The lowest BCUT2D eigenvalue weighted by Gasteiger charge is -2.36. The fourth-order valence-electron chi connectivity index (χ4n) is 3.55. The summed E-state index contributed by atoms with van der Waals surface area (Å²) in [4.78, 5) is 29.8. The molecule has 2 amide bonds. The van der Waals surface area contributed by atoms with Gasteiger partial charge in [0.1, 0.15) is 0 Å². The number of benzene rings is 1. The molecule has 3 rings (SSSR count). The Morgan fingerprint density at radius 3 is 2.24 bits per heavy atom. The molecule has 0 bridgehead atoms. The lowest BCUT2D eigenvalue weighted by atomic mass is 10.1. The van der Waals surface area contributed by atoms with E-state index in [-0.39, 0.29) is 11.8 Å². The lowest BCUT2D eigenvalue weighted by molar-refractivity contribution is -0.141. The molecule has 1 saturated carbocycles. The number of hydrogen-bond acceptors (Lipinski definition) is 3. The minimum Gasteiger partial charge on any atom is -0.339 e. The maximum atomic E-state index is 12.4. The molecule has 25 heavy (non-hydrogen) atoms. The van der Waals surface area contributed by atoms with E-state index in [0.717, 1.165) is 28.5 Å². The fraction of sp³-hybridized carbons (Fsp3) is 0.579. The van der Waals surface area contributed by atoms with Gasteiger partial charge in [-0.3, -0.25) is 9.59 Å². The van der Waals surface area contributed by atoms with Gasteiger partial charge >= 0.3 is 0 Å². The molecule has 0 unspecified atom stereocenters. The molecular formula is C19H25ClN2O2S. The van der Waals surface area contributed by atoms with Crippen LogP contribution in [-0.4, -0.2) is 53.5 Å². The summed E-state index contributed by atoms with van der Waals surface area (Å²) in [6.07, 6.45) is 4.98. The van der Waals surface area contributed by atoms with E-state index < -0.39 is 0 Å². The number of halogens is 1. The molecule has 2 aliphatic rings. The largest absolute Gasteiger partial charge is 0.339 e. The molecule has 1 aliphatic carbocycles. The minimum atomic E-state index is 0.189. The number of piperazine rings is 1. The summed E-state index contributed by atoms with van der Waals surface area (Å²) in [6.45, 7) is 2.71. The highest BCUT2D eigenvalue weighted by Crippen LogP contribution is 2.27. The van der Waals surface area contributed by atoms with Crippen molar-refractivity contribution >= 4 is 35.2 Å². The van der Waals surface area contributed by atoms with E-state index in [2.05, 4.69) is 0 Å². The summed E-state index contributed by atoms with van der Waals surface area (Å²) < 4.78 is 0. The van der Waals surface area contributed by atoms with Crippen molar-refractivity contribution in [2.75, 3.05) is 31.9 Å². The summed E-state index contributed by atoms with van der Waals surface area (Å²) in [6, 6.07) is 7.69. The first-order valence-electron chi connectivity index (χ1n) is 9.08. The van der Waals surface area contributed by atoms with Crippen LogP contribution in [0.2, 0.25) is 5.02 Å². The fourth-order valence-corrected chi connectivity index (χ4v) is 4.52. The van der Waals surface area contributed by atoms with E-state index in [1.165, 1.54) is 12.8 Å². The first-order chi connectivity index (χ1) is 12.1. The average molecular weight is 381 g/mol. The molecule has 4 nitrogen and oxygen atoms in total. The van der Waals surface area contributed by atoms with Crippen LogP contribution in [0.25, 0.3) is 0 Å². The highest BCUT2D eigenvalue weighted by atomic mass is 35.5. The molecule has 0 spiro atoms. The van der Waals surface area contributed by atoms with Gasteiger partial charge in [0.25, 0.3) is 0 Å². The van der Waals surface area contributed by atoms with Crippen LogP contribution in [0.15, 0.2) is 29.2 Å². The van der Waals surface area contributed by atoms with E-state index >= 15 is 0 Å². The van der Waals surface area contributed by atoms with Crippen molar-refractivity contribution in [3.8, 4) is 0 Å². The highest BCUT2D eigenvalue weighted by molar-refractivity contribution is 7.99. The third kappa shape index (κ3) is 5.14. The number of hydrogen-bond donors (Lipinski definition) is 0. The van der Waals surface area contributed by atoms with Crippen LogP contribution in [0, 0.1) is 5.92 Å². The van der Waals surface area contributed by atoms with Crippen LogP contribution in [0.1, 0.15) is 32.1 Å². The van der Waals surface area contributed by atoms with E-state index in [4.69, 9.17) is 11.6 Å². The standard InChI is InChI=1S/C19H25ClN2O2S/c20-16-5-7-17(8-6-16)25-14-9-18(23)21-10-12-22(13-11-21)19(24)15-3-1-2-4-15/h5-8,15H,1-4,9-14H2. The Kier molecular flexibility index (Phi) is 6.65. The topological polar surface area (TPSA) is 40.6 Å². The van der Waals surface area contributed by atoms with Gasteiger partial charge in [0.15, 0.2) is 0 Å². The van der Waals surface area contributed by atoms with Crippen molar-refractivity contribution in [1.82, 2.24) is 9.80 Å². The van der Waals surface area contributed by atoms with Crippen LogP contribution in [0.5, 0.6) is 0 Å². The third-order valence-electron chi connectivity index (χ3n) is 5.05. The Labute approximate surface area is 158 Å². The van der Waals surface area contributed by atoms with Gasteiger partial charge in [0, 0.05) is 54.2 Å². The summed E-state index contributed by atoms with van der Waals surface area (Å²) in [5.74, 6) is 1.50. The van der Waals surface area contributed by atoms with Crippen LogP contribution in [-0.2, 0) is 9.59 Å². The second-order valence-corrected chi connectivity index (χ2v) is 8.34. The van der Waals surface area contributed by atoms with E-state index in [1.54, 1.807) is 11.8 Å². The predicted octanol–water partition coefficient (Wildman–Crippen LogP) is 3.68. The maximum Gasteiger partial charge on any atom is 0.225 e. The minimum absolute atomic E-state index is 0.189. The summed E-state index contributed by atoms with van der Waals surface area (Å²) in [7, 11) is 0. The SMILES string of the molecule is O=C(CCSc1ccc(Cl)cc1)N1CCN(C(=O)C2CCCC2)CC1. The molecule has 1 aromatic carbocycles. The molecule has 1 aliphatic heterocycles. The monoisotopic (exact) mass is 380 g/mol. The summed E-state index contributed by atoms with van der Waals surface area (Å²) >= 11 is 7.55. The van der Waals surface area contributed by atoms with Gasteiger partial charge in [-0.05, 0) is 37.1 Å². The second kappa shape index (κ2) is 8.95. The van der Waals surface area contributed by atoms with Crippen LogP contribution in [0.3, 0.4) is 0 Å². The number of amides is 2. The van der Waals surface area contributed by atoms with Gasteiger partial charge in [-0.15, -0.1) is 11.8 Å². The number of carbonyl (C=O) groups is 2. The maximum absolute atomic E-state index is 12.4. The quantitative estimate of drug-likeness (QED) is 0.731. The van der Waals surface area contributed by atoms with Crippen LogP contribution in [0.4, 0.5) is 0 Å². The Morgan fingerprint density at radius 1 is 1.00 bits per heavy atom. The molecule has 0 aromatic heterocycles. The molecule has 0 N–H and O–H groups in total. The molecule has 1 aromatic rings. The third-order valence-corrected chi connectivity index (χ3v) is 6.31. The smallest absolute Gasteiger partial charge is 0.225 e. The van der Waals surface area contributed by atoms with Crippen molar-refractivity contribution in [3.05, 3.63) is 29.3 Å². The van der Waals surface area contributed by atoms with Gasteiger partial charge in [-0.25, -0.2) is 0 Å². The lowest BCUT2D eigenvalue weighted by Crippen LogP contribution is -2.51. The van der Waals surface area contributed by atoms with Gasteiger partial charge in [-0.2, -0.15) is 0 Å². The summed E-state index contributed by atoms with van der Waals surface area (Å²) in [5, 5.41) is 0.727.